The Bertz CT molecular complexity index is 385. The van der Waals surface area contributed by atoms with Crippen LogP contribution in [0.3, 0.4) is 0 Å². The summed E-state index contributed by atoms with van der Waals surface area (Å²) in [5.41, 5.74) is 0.136. The molecule has 0 aromatic heterocycles. The Morgan fingerprint density at radius 2 is 1.38 bits per heavy atom. The first-order valence-corrected chi connectivity index (χ1v) is 6.61. The molecule has 0 bridgehead atoms. The van der Waals surface area contributed by atoms with E-state index in [2.05, 4.69) is 0 Å². The van der Waals surface area contributed by atoms with Crippen LogP contribution in [-0.2, 0) is 9.59 Å². The number of hydrogen-bond acceptors (Lipinski definition) is 5. The Balaban J connectivity index is 2.45. The van der Waals surface area contributed by atoms with Gasteiger partial charge in [0.1, 0.15) is 5.57 Å². The minimum Gasteiger partial charge on any atom is -0.268 e. The van der Waals surface area contributed by atoms with Crippen LogP contribution in [0.1, 0.15) is 0 Å². The van der Waals surface area contributed by atoms with Crippen molar-refractivity contribution in [2.24, 2.45) is 0 Å². The quantitative estimate of drug-likeness (QED) is 0.473. The van der Waals surface area contributed by atoms with E-state index in [0.717, 1.165) is 25.5 Å². The fourth-order valence-electron chi connectivity index (χ4n) is 1.45. The first-order valence-electron chi connectivity index (χ1n) is 4.64. The molecule has 0 atom stereocenters. The Hall–Kier alpha value is -0.950. The van der Waals surface area contributed by atoms with Crippen LogP contribution in [0.2, 0.25) is 0 Å². The molecule has 4 amide bonds. The second kappa shape index (κ2) is 4.14. The maximum Gasteiger partial charge on any atom is 0.333 e. The summed E-state index contributed by atoms with van der Waals surface area (Å²) < 4.78 is 0.737. The summed E-state index contributed by atoms with van der Waals surface area (Å²) in [4.78, 5) is 37.1. The van der Waals surface area contributed by atoms with E-state index in [-0.39, 0.29) is 5.57 Å². The van der Waals surface area contributed by atoms with Gasteiger partial charge in [-0.25, -0.2) is 4.79 Å². The molecule has 2 rings (SSSR count). The fraction of sp³-hybridized carbons (Fsp3) is 0.444. The second-order valence-electron chi connectivity index (χ2n) is 3.37. The average molecular weight is 258 g/mol. The van der Waals surface area contributed by atoms with Gasteiger partial charge < -0.3 is 0 Å². The Morgan fingerprint density at radius 1 is 0.938 bits per heavy atom. The van der Waals surface area contributed by atoms with Crippen molar-refractivity contribution >= 4 is 41.4 Å². The highest BCUT2D eigenvalue weighted by molar-refractivity contribution is 8.25. The number of amides is 4. The van der Waals surface area contributed by atoms with Gasteiger partial charge in [-0.2, -0.15) is 0 Å². The topological polar surface area (TPSA) is 57.7 Å². The summed E-state index contributed by atoms with van der Waals surface area (Å²) in [5, 5.41) is 0. The largest absolute Gasteiger partial charge is 0.333 e. The van der Waals surface area contributed by atoms with Crippen molar-refractivity contribution in [2.45, 2.75) is 0 Å². The van der Waals surface area contributed by atoms with Gasteiger partial charge in [-0.1, -0.05) is 0 Å². The van der Waals surface area contributed by atoms with E-state index in [1.807, 2.05) is 0 Å². The molecule has 2 fully saturated rings. The third kappa shape index (κ3) is 1.63. The molecule has 0 N–H and O–H groups in total. The molecular weight excluding hydrogens is 248 g/mol. The minimum absolute atomic E-state index is 0.136. The van der Waals surface area contributed by atoms with E-state index < -0.39 is 17.8 Å². The molecule has 0 radical (unpaired) electrons. The first kappa shape index (κ1) is 11.5. The highest BCUT2D eigenvalue weighted by Crippen LogP contribution is 2.40. The first-order chi connectivity index (χ1) is 7.54. The van der Waals surface area contributed by atoms with Gasteiger partial charge in [-0.05, 0) is 0 Å². The van der Waals surface area contributed by atoms with Crippen molar-refractivity contribution in [1.29, 1.82) is 0 Å². The maximum absolute atomic E-state index is 11.9. The lowest BCUT2D eigenvalue weighted by Crippen LogP contribution is -2.53. The molecule has 86 valence electrons. The summed E-state index contributed by atoms with van der Waals surface area (Å²) in [6.07, 6.45) is 0. The number of thioether (sulfide) groups is 2. The van der Waals surface area contributed by atoms with Crippen molar-refractivity contribution < 1.29 is 14.4 Å². The van der Waals surface area contributed by atoms with E-state index >= 15 is 0 Å². The molecule has 0 unspecified atom stereocenters. The summed E-state index contributed by atoms with van der Waals surface area (Å²) in [5.74, 6) is 0.798. The predicted molar refractivity (Wildman–Crippen MR) is 62.9 cm³/mol. The molecule has 0 saturated carbocycles. The van der Waals surface area contributed by atoms with Gasteiger partial charge >= 0.3 is 6.03 Å². The number of hydrogen-bond donors (Lipinski definition) is 0. The van der Waals surface area contributed by atoms with Gasteiger partial charge in [0.15, 0.2) is 0 Å². The summed E-state index contributed by atoms with van der Waals surface area (Å²) >= 11 is 3.00. The zero-order valence-electron chi connectivity index (χ0n) is 8.85. The summed E-state index contributed by atoms with van der Waals surface area (Å²) in [7, 11) is 2.77. The molecule has 2 aliphatic rings. The molecule has 2 saturated heterocycles. The molecule has 2 aliphatic heterocycles. The fourth-order valence-corrected chi connectivity index (χ4v) is 3.96. The zero-order valence-corrected chi connectivity index (χ0v) is 10.5. The standard InChI is InChI=1S/C9H10N2O3S2/c1-10-6(12)5(8-15-3-4-16-8)7(13)11(2)9(10)14/h3-4H2,1-2H3. The lowest BCUT2D eigenvalue weighted by Gasteiger charge is -2.29. The number of carbonyl (C=O) groups excluding carboxylic acids is 3. The number of imide groups is 2. The van der Waals surface area contributed by atoms with Gasteiger partial charge in [0, 0.05) is 25.6 Å². The van der Waals surface area contributed by atoms with Crippen molar-refractivity contribution in [3.05, 3.63) is 9.81 Å². The number of carbonyl (C=O) groups is 3. The minimum atomic E-state index is -0.577. The number of nitrogens with zero attached hydrogens (tertiary/aromatic N) is 2. The Morgan fingerprint density at radius 3 is 1.81 bits per heavy atom. The van der Waals surface area contributed by atoms with Crippen LogP contribution >= 0.6 is 23.5 Å². The third-order valence-corrected chi connectivity index (χ3v) is 5.08. The number of likely N-dealkylation sites (N-methyl/N-ethyl adjacent to an activating group) is 2. The lowest BCUT2D eigenvalue weighted by atomic mass is 10.2. The molecule has 5 nitrogen and oxygen atoms in total. The van der Waals surface area contributed by atoms with E-state index in [9.17, 15) is 14.4 Å². The summed E-state index contributed by atoms with van der Waals surface area (Å²) in [6, 6.07) is -0.577. The van der Waals surface area contributed by atoms with Crippen LogP contribution in [0, 0.1) is 0 Å². The van der Waals surface area contributed by atoms with E-state index in [0.29, 0.717) is 0 Å². The molecule has 2 heterocycles. The third-order valence-electron chi connectivity index (χ3n) is 2.36. The van der Waals surface area contributed by atoms with E-state index in [4.69, 9.17) is 0 Å². The van der Waals surface area contributed by atoms with Crippen molar-refractivity contribution in [2.75, 3.05) is 25.6 Å². The smallest absolute Gasteiger partial charge is 0.268 e. The monoisotopic (exact) mass is 258 g/mol. The van der Waals surface area contributed by atoms with Crippen LogP contribution in [0.25, 0.3) is 0 Å². The van der Waals surface area contributed by atoms with Crippen LogP contribution in [0.5, 0.6) is 0 Å². The number of urea groups is 1. The highest BCUT2D eigenvalue weighted by atomic mass is 32.2. The molecular formula is C9H10N2O3S2. The van der Waals surface area contributed by atoms with Crippen molar-refractivity contribution in [3.8, 4) is 0 Å². The van der Waals surface area contributed by atoms with Crippen molar-refractivity contribution in [3.63, 3.8) is 0 Å². The lowest BCUT2D eigenvalue weighted by molar-refractivity contribution is -0.134. The number of barbiturate groups is 1. The Labute approximate surface area is 101 Å². The highest BCUT2D eigenvalue weighted by Gasteiger charge is 2.40. The molecule has 0 aromatic rings. The van der Waals surface area contributed by atoms with E-state index in [1.54, 1.807) is 0 Å². The maximum atomic E-state index is 11.9. The van der Waals surface area contributed by atoms with Gasteiger partial charge in [-0.15, -0.1) is 23.5 Å². The van der Waals surface area contributed by atoms with Crippen LogP contribution in [-0.4, -0.2) is 53.2 Å². The normalized spacial score (nSPS) is 22.5. The summed E-state index contributed by atoms with van der Waals surface area (Å²) in [6.45, 7) is 0. The SMILES string of the molecule is CN1C(=O)C(=C2SCCS2)C(=O)N(C)C1=O. The molecule has 7 heteroatoms. The van der Waals surface area contributed by atoms with Crippen LogP contribution in [0.4, 0.5) is 4.79 Å². The molecule has 0 aliphatic carbocycles. The van der Waals surface area contributed by atoms with Crippen LogP contribution in [0.15, 0.2) is 9.81 Å². The average Bonchev–Trinajstić information content (AvgIpc) is 2.77. The zero-order chi connectivity index (χ0) is 11.9. The predicted octanol–water partition coefficient (Wildman–Crippen LogP) is 0.728. The number of rotatable bonds is 0. The van der Waals surface area contributed by atoms with E-state index in [1.165, 1.54) is 37.6 Å². The van der Waals surface area contributed by atoms with Gasteiger partial charge in [0.2, 0.25) is 0 Å². The van der Waals surface area contributed by atoms with Gasteiger partial charge in [0.05, 0.1) is 4.24 Å². The van der Waals surface area contributed by atoms with Gasteiger partial charge in [0.25, 0.3) is 11.8 Å². The molecule has 0 spiro atoms. The second-order valence-corrected chi connectivity index (χ2v) is 5.84. The molecule has 16 heavy (non-hydrogen) atoms. The Kier molecular flexibility index (Phi) is 2.98. The van der Waals surface area contributed by atoms with Crippen LogP contribution < -0.4 is 0 Å². The molecule has 0 aromatic carbocycles. The van der Waals surface area contributed by atoms with Gasteiger partial charge in [-0.3, -0.25) is 19.4 Å². The van der Waals surface area contributed by atoms with Crippen molar-refractivity contribution in [1.82, 2.24) is 9.80 Å².